The molecule has 0 fully saturated rings. The summed E-state index contributed by atoms with van der Waals surface area (Å²) in [5.74, 6) is 1.51. The fraction of sp³-hybridized carbons (Fsp3) is 0.200. The topological polar surface area (TPSA) is 13.1 Å². The van der Waals surface area contributed by atoms with Gasteiger partial charge in [0.05, 0.1) is 6.26 Å². The van der Waals surface area contributed by atoms with E-state index < -0.39 is 0 Å². The summed E-state index contributed by atoms with van der Waals surface area (Å²) >= 11 is 0. The standard InChI is InChI=1S/C10H10O/c1-2-5-9(6-3-1)10-7-4-8-11-10/h1-5,7-9H,6H2. The quantitative estimate of drug-likeness (QED) is 0.593. The molecule has 1 nitrogen and oxygen atoms in total. The minimum absolute atomic E-state index is 0.454. The Labute approximate surface area is 66.0 Å². The lowest BCUT2D eigenvalue weighted by Gasteiger charge is -2.08. The maximum atomic E-state index is 5.29. The summed E-state index contributed by atoms with van der Waals surface area (Å²) in [6.45, 7) is 0. The van der Waals surface area contributed by atoms with Gasteiger partial charge in [-0.3, -0.25) is 0 Å². The molecule has 11 heavy (non-hydrogen) atoms. The van der Waals surface area contributed by atoms with Gasteiger partial charge in [-0.2, -0.15) is 0 Å². The Morgan fingerprint density at radius 2 is 2.36 bits per heavy atom. The zero-order valence-corrected chi connectivity index (χ0v) is 6.23. The first kappa shape index (κ1) is 6.47. The van der Waals surface area contributed by atoms with Crippen molar-refractivity contribution in [3.63, 3.8) is 0 Å². The molecule has 56 valence electrons. The van der Waals surface area contributed by atoms with Gasteiger partial charge in [-0.25, -0.2) is 0 Å². The van der Waals surface area contributed by atoms with Gasteiger partial charge < -0.3 is 4.42 Å². The van der Waals surface area contributed by atoms with E-state index in [0.29, 0.717) is 5.92 Å². The molecule has 1 aliphatic rings. The predicted molar refractivity (Wildman–Crippen MR) is 44.3 cm³/mol. The van der Waals surface area contributed by atoms with Gasteiger partial charge in [0.2, 0.25) is 0 Å². The van der Waals surface area contributed by atoms with Crippen LogP contribution in [0.15, 0.2) is 47.1 Å². The van der Waals surface area contributed by atoms with Crippen LogP contribution in [0.3, 0.4) is 0 Å². The van der Waals surface area contributed by atoms with Crippen molar-refractivity contribution in [3.05, 3.63) is 48.5 Å². The van der Waals surface area contributed by atoms with Crippen molar-refractivity contribution < 1.29 is 4.42 Å². The summed E-state index contributed by atoms with van der Waals surface area (Å²) in [5.41, 5.74) is 0. The van der Waals surface area contributed by atoms with Crippen LogP contribution in [0.4, 0.5) is 0 Å². The van der Waals surface area contributed by atoms with Crippen molar-refractivity contribution >= 4 is 0 Å². The predicted octanol–water partition coefficient (Wildman–Crippen LogP) is 2.88. The molecule has 0 saturated heterocycles. The molecule has 2 rings (SSSR count). The van der Waals surface area contributed by atoms with Gasteiger partial charge in [-0.15, -0.1) is 0 Å². The lowest BCUT2D eigenvalue weighted by atomic mass is 9.98. The Balaban J connectivity index is 2.19. The molecule has 0 amide bonds. The zero-order valence-electron chi connectivity index (χ0n) is 6.23. The minimum Gasteiger partial charge on any atom is -0.469 e. The summed E-state index contributed by atoms with van der Waals surface area (Å²) in [7, 11) is 0. The third-order valence-corrected chi connectivity index (χ3v) is 1.89. The van der Waals surface area contributed by atoms with Gasteiger partial charge in [0.25, 0.3) is 0 Å². The molecule has 1 atom stereocenters. The molecule has 0 bridgehead atoms. The first-order valence-electron chi connectivity index (χ1n) is 3.83. The third-order valence-electron chi connectivity index (χ3n) is 1.89. The first-order valence-corrected chi connectivity index (χ1v) is 3.83. The maximum absolute atomic E-state index is 5.29. The monoisotopic (exact) mass is 146 g/mol. The largest absolute Gasteiger partial charge is 0.469 e. The van der Waals surface area contributed by atoms with Crippen molar-refractivity contribution in [3.8, 4) is 0 Å². The second-order valence-corrected chi connectivity index (χ2v) is 2.67. The molecule has 1 aromatic rings. The van der Waals surface area contributed by atoms with Crippen LogP contribution in [0.2, 0.25) is 0 Å². The van der Waals surface area contributed by atoms with E-state index in [1.54, 1.807) is 6.26 Å². The molecule has 1 unspecified atom stereocenters. The van der Waals surface area contributed by atoms with Gasteiger partial charge in [0, 0.05) is 5.92 Å². The molecule has 1 aliphatic carbocycles. The SMILES string of the molecule is C1=CCC(c2ccco2)C=C1. The van der Waals surface area contributed by atoms with Crippen LogP contribution in [0.5, 0.6) is 0 Å². The molecule has 1 heterocycles. The Kier molecular flexibility index (Phi) is 1.64. The lowest BCUT2D eigenvalue weighted by Crippen LogP contribution is -1.93. The minimum atomic E-state index is 0.454. The van der Waals surface area contributed by atoms with Crippen molar-refractivity contribution in [1.29, 1.82) is 0 Å². The van der Waals surface area contributed by atoms with Crippen LogP contribution in [-0.4, -0.2) is 0 Å². The van der Waals surface area contributed by atoms with E-state index >= 15 is 0 Å². The van der Waals surface area contributed by atoms with Crippen molar-refractivity contribution in [2.75, 3.05) is 0 Å². The van der Waals surface area contributed by atoms with E-state index in [9.17, 15) is 0 Å². The molecule has 0 radical (unpaired) electrons. The Hall–Kier alpha value is -1.24. The summed E-state index contributed by atoms with van der Waals surface area (Å²) in [6, 6.07) is 3.95. The second kappa shape index (κ2) is 2.79. The van der Waals surface area contributed by atoms with Gasteiger partial charge in [0.15, 0.2) is 0 Å². The number of hydrogen-bond donors (Lipinski definition) is 0. The van der Waals surface area contributed by atoms with Crippen molar-refractivity contribution in [1.82, 2.24) is 0 Å². The molecule has 0 saturated carbocycles. The van der Waals surface area contributed by atoms with E-state index in [1.165, 1.54) is 0 Å². The van der Waals surface area contributed by atoms with Gasteiger partial charge in [-0.1, -0.05) is 24.3 Å². The summed E-state index contributed by atoms with van der Waals surface area (Å²) < 4.78 is 5.29. The van der Waals surface area contributed by atoms with Crippen LogP contribution in [0, 0.1) is 0 Å². The normalized spacial score (nSPS) is 22.4. The molecular weight excluding hydrogens is 136 g/mol. The van der Waals surface area contributed by atoms with Crippen LogP contribution in [0.25, 0.3) is 0 Å². The van der Waals surface area contributed by atoms with Crippen LogP contribution >= 0.6 is 0 Å². The Morgan fingerprint density at radius 3 is 3.00 bits per heavy atom. The van der Waals surface area contributed by atoms with E-state index in [0.717, 1.165) is 12.2 Å². The fourth-order valence-electron chi connectivity index (χ4n) is 1.29. The first-order chi connectivity index (χ1) is 5.47. The van der Waals surface area contributed by atoms with Crippen molar-refractivity contribution in [2.24, 2.45) is 0 Å². The zero-order chi connectivity index (χ0) is 7.52. The molecule has 0 N–H and O–H groups in total. The van der Waals surface area contributed by atoms with Crippen molar-refractivity contribution in [2.45, 2.75) is 12.3 Å². The van der Waals surface area contributed by atoms with Crippen LogP contribution in [0.1, 0.15) is 18.1 Å². The smallest absolute Gasteiger partial charge is 0.110 e. The van der Waals surface area contributed by atoms with Crippen LogP contribution in [-0.2, 0) is 0 Å². The Bertz CT molecular complexity index is 267. The maximum Gasteiger partial charge on any atom is 0.110 e. The molecule has 0 spiro atoms. The fourth-order valence-corrected chi connectivity index (χ4v) is 1.29. The lowest BCUT2D eigenvalue weighted by molar-refractivity contribution is 0.490. The summed E-state index contributed by atoms with van der Waals surface area (Å²) in [6.07, 6.45) is 11.2. The summed E-state index contributed by atoms with van der Waals surface area (Å²) in [5, 5.41) is 0. The van der Waals surface area contributed by atoms with E-state index in [4.69, 9.17) is 4.42 Å². The third kappa shape index (κ3) is 1.27. The van der Waals surface area contributed by atoms with E-state index in [-0.39, 0.29) is 0 Å². The molecular formula is C10H10O. The molecule has 0 aromatic carbocycles. The molecule has 0 aliphatic heterocycles. The summed E-state index contributed by atoms with van der Waals surface area (Å²) in [4.78, 5) is 0. The highest BCUT2D eigenvalue weighted by molar-refractivity contribution is 5.21. The molecule has 1 aromatic heterocycles. The highest BCUT2D eigenvalue weighted by atomic mass is 16.3. The molecule has 1 heteroatoms. The second-order valence-electron chi connectivity index (χ2n) is 2.67. The average molecular weight is 146 g/mol. The van der Waals surface area contributed by atoms with Gasteiger partial charge >= 0.3 is 0 Å². The van der Waals surface area contributed by atoms with Crippen LogP contribution < -0.4 is 0 Å². The average Bonchev–Trinajstić information content (AvgIpc) is 2.58. The highest BCUT2D eigenvalue weighted by Crippen LogP contribution is 2.24. The van der Waals surface area contributed by atoms with E-state index in [2.05, 4.69) is 24.3 Å². The van der Waals surface area contributed by atoms with E-state index in [1.807, 2.05) is 12.1 Å². The van der Waals surface area contributed by atoms with Gasteiger partial charge in [0.1, 0.15) is 5.76 Å². The number of allylic oxidation sites excluding steroid dienone is 4. The number of rotatable bonds is 1. The number of furan rings is 1. The number of hydrogen-bond acceptors (Lipinski definition) is 1. The Morgan fingerprint density at radius 1 is 1.36 bits per heavy atom. The van der Waals surface area contributed by atoms with Gasteiger partial charge in [-0.05, 0) is 18.6 Å². The highest BCUT2D eigenvalue weighted by Gasteiger charge is 2.09.